The molecule has 3 aromatic carbocycles. The summed E-state index contributed by atoms with van der Waals surface area (Å²) in [6.45, 7) is 0. The number of ether oxygens (including phenoxy) is 1. The summed E-state index contributed by atoms with van der Waals surface area (Å²) in [5.41, 5.74) is 0.725. The van der Waals surface area contributed by atoms with Crippen LogP contribution in [0.15, 0.2) is 83.8 Å². The lowest BCUT2D eigenvalue weighted by Gasteiger charge is -2.09. The van der Waals surface area contributed by atoms with E-state index in [-0.39, 0.29) is 4.90 Å². The van der Waals surface area contributed by atoms with Crippen LogP contribution >= 0.6 is 11.6 Å². The molecule has 0 bridgehead atoms. The molecule has 0 aliphatic heterocycles. The van der Waals surface area contributed by atoms with Gasteiger partial charge in [0, 0.05) is 10.7 Å². The van der Waals surface area contributed by atoms with Gasteiger partial charge in [-0.2, -0.15) is 0 Å². The zero-order valence-corrected chi connectivity index (χ0v) is 15.0. The third-order valence-corrected chi connectivity index (χ3v) is 5.10. The van der Waals surface area contributed by atoms with Gasteiger partial charge in [-0.1, -0.05) is 29.8 Å². The number of halogens is 1. The Morgan fingerprint density at radius 3 is 2.08 bits per heavy atom. The minimum absolute atomic E-state index is 0.165. The first kappa shape index (κ1) is 18.0. The Bertz CT molecular complexity index is 1000. The molecule has 26 heavy (non-hydrogen) atoms. The molecular formula is C19H14ClNO4S. The molecule has 0 amide bonds. The molecule has 7 heteroatoms. The monoisotopic (exact) mass is 387 g/mol. The van der Waals surface area contributed by atoms with Crippen LogP contribution in [0.2, 0.25) is 5.02 Å². The SMILES string of the molecule is O=C(Oc1ccc(NS(=O)(=O)c2ccccc2)cc1)c1ccc(Cl)cc1. The highest BCUT2D eigenvalue weighted by atomic mass is 35.5. The molecule has 0 radical (unpaired) electrons. The van der Waals surface area contributed by atoms with Gasteiger partial charge in [-0.3, -0.25) is 4.72 Å². The molecule has 0 atom stereocenters. The fourth-order valence-electron chi connectivity index (χ4n) is 2.16. The predicted octanol–water partition coefficient (Wildman–Crippen LogP) is 4.36. The maximum atomic E-state index is 12.3. The quantitative estimate of drug-likeness (QED) is 0.521. The molecule has 0 fully saturated rings. The van der Waals surface area contributed by atoms with Crippen molar-refractivity contribution in [3.63, 3.8) is 0 Å². The first-order valence-corrected chi connectivity index (χ1v) is 9.46. The fraction of sp³-hybridized carbons (Fsp3) is 0. The Balaban J connectivity index is 1.69. The summed E-state index contributed by atoms with van der Waals surface area (Å²) in [6, 6.07) is 20.4. The van der Waals surface area contributed by atoms with Gasteiger partial charge in [0.1, 0.15) is 5.75 Å². The zero-order valence-electron chi connectivity index (χ0n) is 13.4. The number of carbonyl (C=O) groups excluding carboxylic acids is 1. The van der Waals surface area contributed by atoms with Gasteiger partial charge in [-0.05, 0) is 60.7 Å². The van der Waals surface area contributed by atoms with Crippen LogP contribution in [-0.4, -0.2) is 14.4 Å². The number of hydrogen-bond acceptors (Lipinski definition) is 4. The number of carbonyl (C=O) groups is 1. The largest absolute Gasteiger partial charge is 0.423 e. The Morgan fingerprint density at radius 2 is 1.46 bits per heavy atom. The summed E-state index contributed by atoms with van der Waals surface area (Å²) in [7, 11) is -3.67. The highest BCUT2D eigenvalue weighted by Crippen LogP contribution is 2.20. The second kappa shape index (κ2) is 7.59. The maximum Gasteiger partial charge on any atom is 0.343 e. The standard InChI is InChI=1S/C19H14ClNO4S/c20-15-8-6-14(7-9-15)19(22)25-17-12-10-16(11-13-17)21-26(23,24)18-4-2-1-3-5-18/h1-13,21H. The van der Waals surface area contributed by atoms with E-state index in [9.17, 15) is 13.2 Å². The molecule has 0 aliphatic carbocycles. The van der Waals surface area contributed by atoms with Crippen molar-refractivity contribution in [2.24, 2.45) is 0 Å². The van der Waals surface area contributed by atoms with Gasteiger partial charge in [0.15, 0.2) is 0 Å². The van der Waals surface area contributed by atoms with Gasteiger partial charge in [-0.15, -0.1) is 0 Å². The molecule has 0 saturated carbocycles. The van der Waals surface area contributed by atoms with Crippen molar-refractivity contribution in [1.82, 2.24) is 0 Å². The van der Waals surface area contributed by atoms with Crippen molar-refractivity contribution in [2.75, 3.05) is 4.72 Å². The Kier molecular flexibility index (Phi) is 5.25. The molecule has 0 saturated heterocycles. The van der Waals surface area contributed by atoms with Crippen molar-refractivity contribution in [2.45, 2.75) is 4.90 Å². The smallest absolute Gasteiger partial charge is 0.343 e. The number of sulfonamides is 1. The average Bonchev–Trinajstić information content (AvgIpc) is 2.64. The van der Waals surface area contributed by atoms with E-state index in [1.54, 1.807) is 42.5 Å². The van der Waals surface area contributed by atoms with E-state index in [4.69, 9.17) is 16.3 Å². The summed E-state index contributed by atoms with van der Waals surface area (Å²) in [5, 5.41) is 0.525. The third-order valence-electron chi connectivity index (χ3n) is 3.45. The van der Waals surface area contributed by atoms with Gasteiger partial charge in [-0.25, -0.2) is 13.2 Å². The molecule has 0 unspecified atom stereocenters. The third kappa shape index (κ3) is 4.41. The second-order valence-electron chi connectivity index (χ2n) is 5.34. The van der Waals surface area contributed by atoms with Crippen LogP contribution in [0.25, 0.3) is 0 Å². The molecule has 0 aliphatic rings. The van der Waals surface area contributed by atoms with Gasteiger partial charge in [0.25, 0.3) is 10.0 Å². The summed E-state index contributed by atoms with van der Waals surface area (Å²) in [6.07, 6.45) is 0. The van der Waals surface area contributed by atoms with Gasteiger partial charge in [0.2, 0.25) is 0 Å². The van der Waals surface area contributed by atoms with Gasteiger partial charge >= 0.3 is 5.97 Å². The van der Waals surface area contributed by atoms with Gasteiger partial charge < -0.3 is 4.74 Å². The van der Waals surface area contributed by atoms with Crippen LogP contribution in [-0.2, 0) is 10.0 Å². The number of hydrogen-bond donors (Lipinski definition) is 1. The Hall–Kier alpha value is -2.83. The minimum Gasteiger partial charge on any atom is -0.423 e. The van der Waals surface area contributed by atoms with Crippen molar-refractivity contribution >= 4 is 33.3 Å². The average molecular weight is 388 g/mol. The Morgan fingerprint density at radius 1 is 0.846 bits per heavy atom. The second-order valence-corrected chi connectivity index (χ2v) is 7.46. The lowest BCUT2D eigenvalue weighted by atomic mass is 10.2. The Labute approximate surface area is 156 Å². The lowest BCUT2D eigenvalue weighted by molar-refractivity contribution is 0.0735. The van der Waals surface area contributed by atoms with Crippen LogP contribution in [0.4, 0.5) is 5.69 Å². The van der Waals surface area contributed by atoms with Crippen LogP contribution < -0.4 is 9.46 Å². The molecular weight excluding hydrogens is 374 g/mol. The number of esters is 1. The molecule has 5 nitrogen and oxygen atoms in total. The molecule has 3 aromatic rings. The minimum atomic E-state index is -3.67. The lowest BCUT2D eigenvalue weighted by Crippen LogP contribution is -2.13. The zero-order chi connectivity index (χ0) is 18.6. The van der Waals surface area contributed by atoms with Crippen LogP contribution in [0.3, 0.4) is 0 Å². The van der Waals surface area contributed by atoms with E-state index >= 15 is 0 Å². The molecule has 0 spiro atoms. The number of nitrogens with one attached hydrogen (secondary N) is 1. The topological polar surface area (TPSA) is 72.5 Å². The van der Waals surface area contributed by atoms with E-state index < -0.39 is 16.0 Å². The number of benzene rings is 3. The number of rotatable bonds is 5. The highest BCUT2D eigenvalue weighted by Gasteiger charge is 2.14. The normalized spacial score (nSPS) is 11.0. The first-order chi connectivity index (χ1) is 12.4. The van der Waals surface area contributed by atoms with Crippen LogP contribution in [0.5, 0.6) is 5.75 Å². The van der Waals surface area contributed by atoms with Crippen molar-refractivity contribution in [1.29, 1.82) is 0 Å². The molecule has 0 aromatic heterocycles. The molecule has 3 rings (SSSR count). The molecule has 0 heterocycles. The number of anilines is 1. The highest BCUT2D eigenvalue weighted by molar-refractivity contribution is 7.92. The maximum absolute atomic E-state index is 12.3. The van der Waals surface area contributed by atoms with Gasteiger partial charge in [0.05, 0.1) is 10.5 Å². The summed E-state index contributed by atoms with van der Waals surface area (Å²) in [4.78, 5) is 12.2. The summed E-state index contributed by atoms with van der Waals surface area (Å²) >= 11 is 5.78. The fourth-order valence-corrected chi connectivity index (χ4v) is 3.36. The van der Waals surface area contributed by atoms with Crippen LogP contribution in [0, 0.1) is 0 Å². The van der Waals surface area contributed by atoms with Crippen molar-refractivity contribution < 1.29 is 17.9 Å². The summed E-state index contributed by atoms with van der Waals surface area (Å²) in [5.74, 6) is -0.230. The predicted molar refractivity (Wildman–Crippen MR) is 100 cm³/mol. The van der Waals surface area contributed by atoms with Crippen LogP contribution in [0.1, 0.15) is 10.4 Å². The van der Waals surface area contributed by atoms with E-state index in [1.807, 2.05) is 0 Å². The molecule has 1 N–H and O–H groups in total. The van der Waals surface area contributed by atoms with E-state index in [0.717, 1.165) is 0 Å². The van der Waals surface area contributed by atoms with E-state index in [0.29, 0.717) is 22.0 Å². The van der Waals surface area contributed by atoms with E-state index in [2.05, 4.69) is 4.72 Å². The van der Waals surface area contributed by atoms with Crippen molar-refractivity contribution in [3.05, 3.63) is 89.4 Å². The summed E-state index contributed by atoms with van der Waals surface area (Å²) < 4.78 is 32.3. The van der Waals surface area contributed by atoms with Crippen molar-refractivity contribution in [3.8, 4) is 5.75 Å². The van der Waals surface area contributed by atoms with E-state index in [1.165, 1.54) is 36.4 Å². The first-order valence-electron chi connectivity index (χ1n) is 7.60. The molecule has 132 valence electrons.